The standard InChI is InChI=1S/C22H18Br2N4O2/c23-18-10-6-16(7-11-18)21(29)27-25-14-20(15-4-2-1-3-5-15)26-28-22(30)17-8-12-19(24)13-9-17/h1-13,25H,14H2,(H,27,29)(H,28,30)/b26-20-. The van der Waals surface area contributed by atoms with Crippen molar-refractivity contribution in [3.05, 3.63) is 104 Å². The fourth-order valence-corrected chi connectivity index (χ4v) is 3.03. The van der Waals surface area contributed by atoms with Crippen molar-refractivity contribution in [3.8, 4) is 0 Å². The average molecular weight is 530 g/mol. The van der Waals surface area contributed by atoms with Crippen LogP contribution in [0.25, 0.3) is 0 Å². The number of hydrogen-bond acceptors (Lipinski definition) is 4. The van der Waals surface area contributed by atoms with Crippen molar-refractivity contribution < 1.29 is 9.59 Å². The predicted molar refractivity (Wildman–Crippen MR) is 124 cm³/mol. The van der Waals surface area contributed by atoms with Gasteiger partial charge in [-0.25, -0.2) is 10.9 Å². The normalized spacial score (nSPS) is 11.1. The summed E-state index contributed by atoms with van der Waals surface area (Å²) in [5.41, 5.74) is 10.5. The zero-order valence-electron chi connectivity index (χ0n) is 15.7. The number of amides is 2. The second kappa shape index (κ2) is 10.8. The SMILES string of the molecule is O=C(N/N=C(/CNNC(=O)c1ccc(Br)cc1)c1ccccc1)c1ccc(Br)cc1. The molecule has 0 saturated carbocycles. The van der Waals surface area contributed by atoms with E-state index in [0.717, 1.165) is 14.5 Å². The Labute approximate surface area is 191 Å². The summed E-state index contributed by atoms with van der Waals surface area (Å²) in [4.78, 5) is 24.6. The molecule has 0 aliphatic heterocycles. The van der Waals surface area contributed by atoms with Crippen LogP contribution in [0.15, 0.2) is 92.9 Å². The molecule has 0 spiro atoms. The number of carbonyl (C=O) groups excluding carboxylic acids is 2. The molecule has 0 atom stereocenters. The van der Waals surface area contributed by atoms with E-state index in [1.807, 2.05) is 30.3 Å². The first kappa shape index (κ1) is 21.9. The first-order valence-corrected chi connectivity index (χ1v) is 10.6. The Morgan fingerprint density at radius 1 is 0.700 bits per heavy atom. The van der Waals surface area contributed by atoms with Gasteiger partial charge in [0.15, 0.2) is 0 Å². The highest BCUT2D eigenvalue weighted by Gasteiger charge is 2.09. The van der Waals surface area contributed by atoms with Crippen LogP contribution in [0.1, 0.15) is 26.3 Å². The molecule has 3 aromatic rings. The minimum Gasteiger partial charge on any atom is -0.287 e. The summed E-state index contributed by atoms with van der Waals surface area (Å²) >= 11 is 6.68. The predicted octanol–water partition coefficient (Wildman–Crippen LogP) is 4.28. The third-order valence-corrected chi connectivity index (χ3v) is 5.13. The molecule has 0 saturated heterocycles. The van der Waals surface area contributed by atoms with Crippen LogP contribution in [-0.4, -0.2) is 24.1 Å². The van der Waals surface area contributed by atoms with E-state index in [1.165, 1.54) is 0 Å². The van der Waals surface area contributed by atoms with Crippen LogP contribution in [0, 0.1) is 0 Å². The second-order valence-corrected chi connectivity index (χ2v) is 8.02. The number of nitrogens with zero attached hydrogens (tertiary/aromatic N) is 1. The molecular weight excluding hydrogens is 512 g/mol. The maximum Gasteiger partial charge on any atom is 0.271 e. The van der Waals surface area contributed by atoms with Gasteiger partial charge < -0.3 is 0 Å². The molecule has 2 amide bonds. The van der Waals surface area contributed by atoms with E-state index >= 15 is 0 Å². The van der Waals surface area contributed by atoms with Crippen LogP contribution in [0.5, 0.6) is 0 Å². The van der Waals surface area contributed by atoms with Gasteiger partial charge in [-0.3, -0.25) is 15.0 Å². The third kappa shape index (κ3) is 6.35. The smallest absolute Gasteiger partial charge is 0.271 e. The van der Waals surface area contributed by atoms with Gasteiger partial charge in [0.25, 0.3) is 11.8 Å². The molecule has 3 rings (SSSR count). The van der Waals surface area contributed by atoms with Crippen LogP contribution in [-0.2, 0) is 0 Å². The van der Waals surface area contributed by atoms with Crippen molar-refractivity contribution in [2.45, 2.75) is 0 Å². The molecule has 6 nitrogen and oxygen atoms in total. The van der Waals surface area contributed by atoms with Gasteiger partial charge in [0.2, 0.25) is 0 Å². The molecule has 0 aromatic heterocycles. The Morgan fingerprint density at radius 3 is 1.80 bits per heavy atom. The number of hydrazine groups is 1. The fraction of sp³-hybridized carbons (Fsp3) is 0.0455. The van der Waals surface area contributed by atoms with Gasteiger partial charge in [0.05, 0.1) is 12.3 Å². The summed E-state index contributed by atoms with van der Waals surface area (Å²) in [5.74, 6) is -0.594. The summed E-state index contributed by atoms with van der Waals surface area (Å²) < 4.78 is 1.78. The minimum atomic E-state index is -0.324. The highest BCUT2D eigenvalue weighted by molar-refractivity contribution is 9.10. The summed E-state index contributed by atoms with van der Waals surface area (Å²) in [6, 6.07) is 23.4. The lowest BCUT2D eigenvalue weighted by Crippen LogP contribution is -2.41. The van der Waals surface area contributed by atoms with Gasteiger partial charge in [0.1, 0.15) is 0 Å². The van der Waals surface area contributed by atoms with Crippen molar-refractivity contribution in [3.63, 3.8) is 0 Å². The molecule has 0 aliphatic rings. The molecule has 152 valence electrons. The van der Waals surface area contributed by atoms with Gasteiger partial charge in [-0.15, -0.1) is 0 Å². The lowest BCUT2D eigenvalue weighted by molar-refractivity contribution is 0.0931. The Bertz CT molecular complexity index is 1040. The van der Waals surface area contributed by atoms with E-state index in [4.69, 9.17) is 0 Å². The van der Waals surface area contributed by atoms with Crippen molar-refractivity contribution in [2.75, 3.05) is 6.54 Å². The average Bonchev–Trinajstić information content (AvgIpc) is 2.77. The van der Waals surface area contributed by atoms with Crippen LogP contribution in [0.2, 0.25) is 0 Å². The Balaban J connectivity index is 1.66. The van der Waals surface area contributed by atoms with E-state index < -0.39 is 0 Å². The minimum absolute atomic E-state index is 0.215. The number of hydrazone groups is 1. The molecule has 0 heterocycles. The molecule has 30 heavy (non-hydrogen) atoms. The third-order valence-electron chi connectivity index (χ3n) is 4.07. The summed E-state index contributed by atoms with van der Waals surface area (Å²) in [5, 5.41) is 4.26. The molecular formula is C22H18Br2N4O2. The molecule has 0 aliphatic carbocycles. The molecule has 8 heteroatoms. The van der Waals surface area contributed by atoms with Gasteiger partial charge in [-0.1, -0.05) is 62.2 Å². The van der Waals surface area contributed by atoms with Crippen molar-refractivity contribution in [1.29, 1.82) is 0 Å². The number of carbonyl (C=O) groups is 2. The van der Waals surface area contributed by atoms with Crippen LogP contribution < -0.4 is 16.3 Å². The zero-order chi connectivity index (χ0) is 21.3. The first-order valence-electron chi connectivity index (χ1n) is 8.99. The number of halogens is 2. The van der Waals surface area contributed by atoms with Gasteiger partial charge in [-0.05, 0) is 54.1 Å². The molecule has 0 radical (unpaired) electrons. The van der Waals surface area contributed by atoms with Gasteiger partial charge >= 0.3 is 0 Å². The number of benzene rings is 3. The largest absolute Gasteiger partial charge is 0.287 e. The monoisotopic (exact) mass is 528 g/mol. The number of hydrogen-bond donors (Lipinski definition) is 3. The van der Waals surface area contributed by atoms with Gasteiger partial charge in [-0.2, -0.15) is 5.10 Å². The molecule has 3 N–H and O–H groups in total. The lowest BCUT2D eigenvalue weighted by atomic mass is 10.1. The van der Waals surface area contributed by atoms with Crippen molar-refractivity contribution in [2.24, 2.45) is 5.10 Å². The topological polar surface area (TPSA) is 82.6 Å². The quantitative estimate of drug-likeness (QED) is 0.315. The van der Waals surface area contributed by atoms with E-state index in [9.17, 15) is 9.59 Å². The maximum atomic E-state index is 12.4. The summed E-state index contributed by atoms with van der Waals surface area (Å²) in [6.07, 6.45) is 0. The van der Waals surface area contributed by atoms with Crippen LogP contribution in [0.4, 0.5) is 0 Å². The summed E-state index contributed by atoms with van der Waals surface area (Å²) in [6.45, 7) is 0.215. The van der Waals surface area contributed by atoms with Crippen molar-refractivity contribution in [1.82, 2.24) is 16.3 Å². The first-order chi connectivity index (χ1) is 14.5. The van der Waals surface area contributed by atoms with Gasteiger partial charge in [0, 0.05) is 20.1 Å². The number of nitrogens with one attached hydrogen (secondary N) is 3. The lowest BCUT2D eigenvalue weighted by Gasteiger charge is -2.11. The Morgan fingerprint density at radius 2 is 1.23 bits per heavy atom. The van der Waals surface area contributed by atoms with Crippen LogP contribution in [0.3, 0.4) is 0 Å². The maximum absolute atomic E-state index is 12.4. The van der Waals surface area contributed by atoms with E-state index in [2.05, 4.69) is 53.2 Å². The fourth-order valence-electron chi connectivity index (χ4n) is 2.50. The Hall–Kier alpha value is -2.81. The van der Waals surface area contributed by atoms with E-state index in [1.54, 1.807) is 48.5 Å². The number of rotatable bonds is 7. The van der Waals surface area contributed by atoms with Crippen LogP contribution >= 0.6 is 31.9 Å². The highest BCUT2D eigenvalue weighted by Crippen LogP contribution is 2.11. The van der Waals surface area contributed by atoms with E-state index in [0.29, 0.717) is 16.8 Å². The zero-order valence-corrected chi connectivity index (χ0v) is 18.9. The highest BCUT2D eigenvalue weighted by atomic mass is 79.9. The van der Waals surface area contributed by atoms with E-state index in [-0.39, 0.29) is 18.4 Å². The molecule has 0 bridgehead atoms. The summed E-state index contributed by atoms with van der Waals surface area (Å²) in [7, 11) is 0. The van der Waals surface area contributed by atoms with Crippen molar-refractivity contribution >= 4 is 49.4 Å². The molecule has 3 aromatic carbocycles. The molecule has 0 fully saturated rings. The Kier molecular flexibility index (Phi) is 7.89. The second-order valence-electron chi connectivity index (χ2n) is 6.19. The molecule has 0 unspecified atom stereocenters.